The van der Waals surface area contributed by atoms with Crippen LogP contribution >= 0.6 is 7.60 Å². The Morgan fingerprint density at radius 2 is 2.07 bits per heavy atom. The van der Waals surface area contributed by atoms with E-state index in [1.807, 2.05) is 0 Å². The van der Waals surface area contributed by atoms with Crippen LogP contribution in [0.15, 0.2) is 24.3 Å². The molecule has 0 saturated heterocycles. The molecular weight excluding hydrogens is 221 g/mol. The summed E-state index contributed by atoms with van der Waals surface area (Å²) in [5, 5.41) is 8.51. The Bertz CT molecular complexity index is 319. The fourth-order valence-corrected chi connectivity index (χ4v) is 1.72. The highest BCUT2D eigenvalue weighted by Crippen LogP contribution is 2.37. The third-order valence-electron chi connectivity index (χ3n) is 1.52. The second kappa shape index (κ2) is 5.82. The lowest BCUT2D eigenvalue weighted by Crippen LogP contribution is -2.28. The smallest absolute Gasteiger partial charge is 0.329 e. The van der Waals surface area contributed by atoms with Gasteiger partial charge >= 0.3 is 13.6 Å². The molecule has 1 unspecified atom stereocenters. The van der Waals surface area contributed by atoms with Crippen molar-refractivity contribution >= 4 is 13.6 Å². The van der Waals surface area contributed by atoms with Crippen molar-refractivity contribution in [1.82, 2.24) is 0 Å². The number of allylic oxidation sites excluding steroid dienone is 2. The SMILES string of the molecule is C=CCC(=CC(N)C(=O)O)CP(=O)(O)O. The number of carboxylic acid groups (broad SMARTS) is 1. The Hall–Kier alpha value is -0.940. The molecule has 0 aromatic heterocycles. The lowest BCUT2D eigenvalue weighted by Gasteiger charge is -2.08. The lowest BCUT2D eigenvalue weighted by atomic mass is 10.1. The summed E-state index contributed by atoms with van der Waals surface area (Å²) in [7, 11) is -4.20. The summed E-state index contributed by atoms with van der Waals surface area (Å²) in [4.78, 5) is 27.8. The van der Waals surface area contributed by atoms with E-state index in [1.165, 1.54) is 6.08 Å². The van der Waals surface area contributed by atoms with Crippen molar-refractivity contribution in [3.8, 4) is 0 Å². The van der Waals surface area contributed by atoms with Gasteiger partial charge in [0, 0.05) is 0 Å². The average molecular weight is 235 g/mol. The van der Waals surface area contributed by atoms with Gasteiger partial charge in [-0.15, -0.1) is 6.58 Å². The number of aliphatic carboxylic acids is 1. The average Bonchev–Trinajstić information content (AvgIpc) is 2.00. The molecule has 1 atom stereocenters. The molecule has 0 radical (unpaired) electrons. The Labute approximate surface area is 87.3 Å². The van der Waals surface area contributed by atoms with E-state index in [-0.39, 0.29) is 12.0 Å². The maximum atomic E-state index is 10.7. The fraction of sp³-hybridized carbons (Fsp3) is 0.375. The van der Waals surface area contributed by atoms with Crippen LogP contribution in [0.5, 0.6) is 0 Å². The first-order valence-corrected chi connectivity index (χ1v) is 5.89. The van der Waals surface area contributed by atoms with Crippen LogP contribution < -0.4 is 5.73 Å². The van der Waals surface area contributed by atoms with Gasteiger partial charge in [0.25, 0.3) is 0 Å². The first-order valence-electron chi connectivity index (χ1n) is 4.09. The van der Waals surface area contributed by atoms with Crippen LogP contribution in [-0.2, 0) is 9.36 Å². The van der Waals surface area contributed by atoms with E-state index in [4.69, 9.17) is 20.6 Å². The molecule has 0 bridgehead atoms. The molecule has 0 aliphatic rings. The third-order valence-corrected chi connectivity index (χ3v) is 2.33. The molecule has 0 aromatic rings. The number of carbonyl (C=O) groups is 1. The molecule has 0 fully saturated rings. The number of hydrogen-bond acceptors (Lipinski definition) is 3. The molecule has 0 aliphatic heterocycles. The van der Waals surface area contributed by atoms with Crippen LogP contribution in [-0.4, -0.2) is 33.1 Å². The van der Waals surface area contributed by atoms with Crippen molar-refractivity contribution in [3.05, 3.63) is 24.3 Å². The van der Waals surface area contributed by atoms with Crippen molar-refractivity contribution in [2.45, 2.75) is 12.5 Å². The summed E-state index contributed by atoms with van der Waals surface area (Å²) in [6.07, 6.45) is 2.26. The first kappa shape index (κ1) is 14.1. The predicted octanol–water partition coefficient (Wildman–Crippen LogP) is 0.0785. The molecule has 0 aliphatic carbocycles. The third kappa shape index (κ3) is 7.04. The second-order valence-corrected chi connectivity index (χ2v) is 4.65. The minimum Gasteiger partial charge on any atom is -0.480 e. The van der Waals surface area contributed by atoms with Gasteiger partial charge in [0.15, 0.2) is 0 Å². The molecule has 7 heteroatoms. The van der Waals surface area contributed by atoms with Crippen LogP contribution in [0.2, 0.25) is 0 Å². The molecular formula is C8H14NO5P. The summed E-state index contributed by atoms with van der Waals surface area (Å²) in [5.74, 6) is -1.25. The Balaban J connectivity index is 4.72. The summed E-state index contributed by atoms with van der Waals surface area (Å²) < 4.78 is 10.7. The van der Waals surface area contributed by atoms with Gasteiger partial charge in [-0.2, -0.15) is 0 Å². The van der Waals surface area contributed by atoms with Gasteiger partial charge in [0.1, 0.15) is 6.04 Å². The monoisotopic (exact) mass is 235 g/mol. The Morgan fingerprint density at radius 1 is 1.53 bits per heavy atom. The minimum absolute atomic E-state index is 0.200. The van der Waals surface area contributed by atoms with Gasteiger partial charge in [-0.05, 0) is 6.42 Å². The van der Waals surface area contributed by atoms with Crippen molar-refractivity contribution in [2.75, 3.05) is 6.16 Å². The van der Waals surface area contributed by atoms with Crippen molar-refractivity contribution in [3.63, 3.8) is 0 Å². The van der Waals surface area contributed by atoms with Gasteiger partial charge in [-0.1, -0.05) is 17.7 Å². The van der Waals surface area contributed by atoms with E-state index in [1.54, 1.807) is 0 Å². The highest BCUT2D eigenvalue weighted by atomic mass is 31.2. The van der Waals surface area contributed by atoms with Gasteiger partial charge in [-0.3, -0.25) is 9.36 Å². The summed E-state index contributed by atoms with van der Waals surface area (Å²) >= 11 is 0. The first-order chi connectivity index (χ1) is 6.76. The highest BCUT2D eigenvalue weighted by Gasteiger charge is 2.17. The molecule has 0 heterocycles. The number of rotatable bonds is 6. The van der Waals surface area contributed by atoms with Crippen LogP contribution in [0.4, 0.5) is 0 Å². The molecule has 0 amide bonds. The number of nitrogens with two attached hydrogens (primary N) is 1. The molecule has 0 spiro atoms. The normalized spacial score (nSPS) is 14.7. The van der Waals surface area contributed by atoms with E-state index in [2.05, 4.69) is 6.58 Å². The van der Waals surface area contributed by atoms with Crippen molar-refractivity contribution in [1.29, 1.82) is 0 Å². The zero-order chi connectivity index (χ0) is 12.1. The molecule has 0 saturated carbocycles. The van der Waals surface area contributed by atoms with Gasteiger partial charge in [0.05, 0.1) is 6.16 Å². The maximum absolute atomic E-state index is 10.7. The second-order valence-electron chi connectivity index (χ2n) is 3.00. The summed E-state index contributed by atoms with van der Waals surface area (Å²) in [6, 6.07) is -1.26. The number of hydrogen-bond donors (Lipinski definition) is 4. The Kier molecular flexibility index (Phi) is 5.46. The van der Waals surface area contributed by atoms with Crippen LogP contribution in [0.1, 0.15) is 6.42 Å². The lowest BCUT2D eigenvalue weighted by molar-refractivity contribution is -0.137. The van der Waals surface area contributed by atoms with Crippen molar-refractivity contribution < 1.29 is 24.3 Å². The Morgan fingerprint density at radius 3 is 2.40 bits per heavy atom. The molecule has 0 aromatic carbocycles. The summed E-state index contributed by atoms with van der Waals surface area (Å²) in [6.45, 7) is 3.40. The van der Waals surface area contributed by atoms with E-state index >= 15 is 0 Å². The van der Waals surface area contributed by atoms with Crippen molar-refractivity contribution in [2.24, 2.45) is 5.73 Å². The molecule has 86 valence electrons. The van der Waals surface area contributed by atoms with Gasteiger partial charge in [0.2, 0.25) is 0 Å². The van der Waals surface area contributed by atoms with E-state index < -0.39 is 25.8 Å². The molecule has 5 N–H and O–H groups in total. The van der Waals surface area contributed by atoms with Gasteiger partial charge < -0.3 is 20.6 Å². The minimum atomic E-state index is -4.20. The number of carboxylic acids is 1. The van der Waals surface area contributed by atoms with E-state index in [0.717, 1.165) is 6.08 Å². The van der Waals surface area contributed by atoms with Gasteiger partial charge in [-0.25, -0.2) is 0 Å². The maximum Gasteiger partial charge on any atom is 0.329 e. The fourth-order valence-electron chi connectivity index (χ4n) is 0.960. The molecule has 0 rings (SSSR count). The highest BCUT2D eigenvalue weighted by molar-refractivity contribution is 7.52. The van der Waals surface area contributed by atoms with E-state index in [0.29, 0.717) is 0 Å². The topological polar surface area (TPSA) is 121 Å². The largest absolute Gasteiger partial charge is 0.480 e. The van der Waals surface area contributed by atoms with Crippen LogP contribution in [0, 0.1) is 0 Å². The zero-order valence-corrected chi connectivity index (χ0v) is 8.93. The molecule has 6 nitrogen and oxygen atoms in total. The molecule has 15 heavy (non-hydrogen) atoms. The van der Waals surface area contributed by atoms with Crippen LogP contribution in [0.3, 0.4) is 0 Å². The summed E-state index contributed by atoms with van der Waals surface area (Å²) in [5.41, 5.74) is 5.47. The van der Waals surface area contributed by atoms with Crippen LogP contribution in [0.25, 0.3) is 0 Å². The predicted molar refractivity (Wildman–Crippen MR) is 55.4 cm³/mol. The standard InChI is InChI=1S/C8H14NO5P/c1-2-3-6(5-15(12,13)14)4-7(9)8(10)11/h2,4,7H,1,3,5,9H2,(H,10,11)(H2,12,13,14). The quantitative estimate of drug-likeness (QED) is 0.382. The zero-order valence-electron chi connectivity index (χ0n) is 8.04. The van der Waals surface area contributed by atoms with E-state index in [9.17, 15) is 9.36 Å².